The molecule has 0 N–H and O–H groups in total. The Hall–Kier alpha value is -19.5. The van der Waals surface area contributed by atoms with Crippen LogP contribution in [0.4, 0.5) is 0 Å². The smallest absolute Gasteiger partial charge is 0.0541 e. The summed E-state index contributed by atoms with van der Waals surface area (Å²) in [5.74, 6) is 0. The SMILES string of the molecule is c1ccc(-c2ccc(-n3c4ccccc4c4cc(-c5ccc6c(c5)c5ccccc5n6-c5cccc(-c6ccc(-c7ccc(-c8cccc(-c9cccc(-c%10ccccc%10)c9)c8)cc7)cc6)c5)ccc43)cc2)cc1.c1ccc(-c2ccc(-n3c4ccccc4c4cc(-c5ccc6c(c5)c5ccccc5n6-c5cccc(-c6cccc(-c7ccc(-c8cccc(-c9cccc(-c%10ccccc%10)c9)c8)cc7)c6)c5)ccc43)cc2)cc1. The molecule has 4 heterocycles. The summed E-state index contributed by atoms with van der Waals surface area (Å²) in [4.78, 5) is 0. The summed E-state index contributed by atoms with van der Waals surface area (Å²) in [5, 5.41) is 9.93. The lowest BCUT2D eigenvalue weighted by Crippen LogP contribution is -1.94. The average molecular weight is 1880 g/mol. The normalized spacial score (nSPS) is 11.5. The van der Waals surface area contributed by atoms with Crippen LogP contribution >= 0.6 is 0 Å². The van der Waals surface area contributed by atoms with E-state index < -0.39 is 0 Å². The molecule has 0 aliphatic rings. The molecule has 0 amide bonds. The second-order valence-corrected chi connectivity index (χ2v) is 38.6. The lowest BCUT2D eigenvalue weighted by atomic mass is 9.95. The van der Waals surface area contributed by atoms with Crippen molar-refractivity contribution in [2.75, 3.05) is 0 Å². The van der Waals surface area contributed by atoms with Crippen molar-refractivity contribution in [3.8, 4) is 179 Å². The Morgan fingerprint density at radius 3 is 0.459 bits per heavy atom. The fourth-order valence-electron chi connectivity index (χ4n) is 22.5. The molecule has 692 valence electrons. The molecule has 0 atom stereocenters. The molecule has 4 aromatic heterocycles. The largest absolute Gasteiger partial charge is 0.309 e. The second-order valence-electron chi connectivity index (χ2n) is 38.6. The maximum Gasteiger partial charge on any atom is 0.0541 e. The highest BCUT2D eigenvalue weighted by atomic mass is 15.0. The van der Waals surface area contributed by atoms with Gasteiger partial charge in [-0.3, -0.25) is 0 Å². The third kappa shape index (κ3) is 16.4. The highest BCUT2D eigenvalue weighted by molar-refractivity contribution is 6.15. The van der Waals surface area contributed by atoms with Gasteiger partial charge in [-0.25, -0.2) is 0 Å². The Kier molecular flexibility index (Phi) is 22.3. The predicted octanol–water partition coefficient (Wildman–Crippen LogP) is 39.1. The Balaban J connectivity index is 0.000000146. The Morgan fingerprint density at radius 1 is 0.0743 bits per heavy atom. The van der Waals surface area contributed by atoms with Crippen molar-refractivity contribution in [1.82, 2.24) is 18.3 Å². The molecular weight excluding hydrogens is 1790 g/mol. The zero-order valence-corrected chi connectivity index (χ0v) is 81.2. The minimum Gasteiger partial charge on any atom is -0.309 e. The van der Waals surface area contributed by atoms with E-state index in [-0.39, 0.29) is 0 Å². The van der Waals surface area contributed by atoms with Crippen LogP contribution in [0.1, 0.15) is 0 Å². The number of rotatable bonds is 18. The van der Waals surface area contributed by atoms with E-state index in [1.165, 1.54) is 243 Å². The fourth-order valence-corrected chi connectivity index (χ4v) is 22.5. The predicted molar refractivity (Wildman–Crippen MR) is 626 cm³/mol. The summed E-state index contributed by atoms with van der Waals surface area (Å²) in [6.07, 6.45) is 0. The summed E-state index contributed by atoms with van der Waals surface area (Å²) >= 11 is 0. The molecule has 148 heavy (non-hydrogen) atoms. The summed E-state index contributed by atoms with van der Waals surface area (Å²) in [5.41, 5.74) is 47.9. The van der Waals surface area contributed by atoms with Crippen LogP contribution in [0.5, 0.6) is 0 Å². The first-order chi connectivity index (χ1) is 73.3. The van der Waals surface area contributed by atoms with Crippen LogP contribution in [-0.4, -0.2) is 18.3 Å². The maximum absolute atomic E-state index is 2.43. The Labute approximate surface area is 860 Å². The molecule has 0 saturated carbocycles. The molecule has 0 radical (unpaired) electrons. The Bertz CT molecular complexity index is 9900. The number of hydrogen-bond donors (Lipinski definition) is 0. The van der Waals surface area contributed by atoms with Crippen molar-refractivity contribution >= 4 is 87.2 Å². The van der Waals surface area contributed by atoms with Gasteiger partial charge in [-0.15, -0.1) is 0 Å². The molecule has 0 unspecified atom stereocenters. The van der Waals surface area contributed by atoms with Crippen LogP contribution in [0.15, 0.2) is 582 Å². The van der Waals surface area contributed by atoms with Crippen LogP contribution in [0.25, 0.3) is 266 Å². The zero-order valence-electron chi connectivity index (χ0n) is 81.2. The van der Waals surface area contributed by atoms with Crippen molar-refractivity contribution in [2.24, 2.45) is 0 Å². The zero-order chi connectivity index (χ0) is 97.9. The lowest BCUT2D eigenvalue weighted by Gasteiger charge is -2.12. The molecular formula is C144H96N4. The van der Waals surface area contributed by atoms with Gasteiger partial charge in [-0.1, -0.05) is 431 Å². The molecule has 0 fully saturated rings. The number of aromatic nitrogens is 4. The third-order valence-corrected chi connectivity index (χ3v) is 29.9. The standard InChI is InChI=1S/2C72H48N2/c1-3-15-49(16-4-1)51-35-39-63(40-36-51)73-69-29-9-7-27-65(69)67-47-61(37-41-71(67)73)62-38-42-72-68(48-62)66-28-8-10-30-70(66)74(72)64-26-14-25-60(46-64)59-24-13-21-56(45-59)53-33-31-52(32-34-53)55-20-12-23-58(44-55)57-22-11-19-54(43-57)50-17-5-2-6-18-50;1-3-14-49(15-4-1)53-36-40-63(41-37-53)73-69-26-9-7-24-65(69)67-47-61(38-42-71(67)73)62-39-43-72-68(48-62)66-25-8-10-27-70(66)74(72)64-23-13-22-60(46-64)55-34-30-52(31-35-55)51-28-32-54(33-29-51)57-19-12-21-59(45-57)58-20-11-18-56(44-58)50-16-5-2-6-17-50/h2*1-48H. The third-order valence-electron chi connectivity index (χ3n) is 29.9. The van der Waals surface area contributed by atoms with Gasteiger partial charge in [0.25, 0.3) is 0 Å². The molecule has 28 rings (SSSR count). The van der Waals surface area contributed by atoms with Gasteiger partial charge in [0.2, 0.25) is 0 Å². The quantitative estimate of drug-likeness (QED) is 0.0816. The van der Waals surface area contributed by atoms with Crippen molar-refractivity contribution in [3.63, 3.8) is 0 Å². The van der Waals surface area contributed by atoms with Gasteiger partial charge in [0, 0.05) is 65.8 Å². The number of para-hydroxylation sites is 4. The minimum absolute atomic E-state index is 1.14. The highest BCUT2D eigenvalue weighted by Crippen LogP contribution is 2.46. The molecule has 0 spiro atoms. The van der Waals surface area contributed by atoms with Crippen molar-refractivity contribution in [2.45, 2.75) is 0 Å². The topological polar surface area (TPSA) is 19.7 Å². The van der Waals surface area contributed by atoms with E-state index in [4.69, 9.17) is 0 Å². The van der Waals surface area contributed by atoms with E-state index in [0.29, 0.717) is 0 Å². The van der Waals surface area contributed by atoms with Crippen LogP contribution in [0.2, 0.25) is 0 Å². The van der Waals surface area contributed by atoms with Gasteiger partial charge < -0.3 is 18.3 Å². The van der Waals surface area contributed by atoms with Crippen molar-refractivity contribution in [1.29, 1.82) is 0 Å². The van der Waals surface area contributed by atoms with E-state index in [1.807, 2.05) is 0 Å². The minimum atomic E-state index is 1.14. The summed E-state index contributed by atoms with van der Waals surface area (Å²) in [6, 6.07) is 213. The van der Waals surface area contributed by atoms with Gasteiger partial charge in [0.1, 0.15) is 0 Å². The van der Waals surface area contributed by atoms with Gasteiger partial charge in [0.15, 0.2) is 0 Å². The van der Waals surface area contributed by atoms with E-state index in [2.05, 4.69) is 601 Å². The van der Waals surface area contributed by atoms with Crippen LogP contribution in [0, 0.1) is 0 Å². The van der Waals surface area contributed by atoms with Crippen molar-refractivity contribution in [3.05, 3.63) is 582 Å². The fraction of sp³-hybridized carbons (Fsp3) is 0. The monoisotopic (exact) mass is 1880 g/mol. The van der Waals surface area contributed by atoms with Gasteiger partial charge in [-0.05, 0) is 307 Å². The lowest BCUT2D eigenvalue weighted by molar-refractivity contribution is 1.18. The second kappa shape index (κ2) is 37.7. The molecule has 4 heteroatoms. The van der Waals surface area contributed by atoms with Gasteiger partial charge >= 0.3 is 0 Å². The average Bonchev–Trinajstić information content (AvgIpc) is 1.59. The van der Waals surface area contributed by atoms with E-state index in [0.717, 1.165) is 22.7 Å². The van der Waals surface area contributed by atoms with E-state index in [9.17, 15) is 0 Å². The van der Waals surface area contributed by atoms with Gasteiger partial charge in [-0.2, -0.15) is 0 Å². The van der Waals surface area contributed by atoms with E-state index >= 15 is 0 Å². The number of hydrogen-bond acceptors (Lipinski definition) is 0. The molecule has 24 aromatic carbocycles. The first-order valence-electron chi connectivity index (χ1n) is 50.9. The van der Waals surface area contributed by atoms with Crippen LogP contribution in [0.3, 0.4) is 0 Å². The number of fused-ring (bicyclic) bond motifs is 12. The molecule has 0 bridgehead atoms. The number of nitrogens with zero attached hydrogens (tertiary/aromatic N) is 4. The first kappa shape index (κ1) is 87.5. The molecule has 0 aliphatic carbocycles. The highest BCUT2D eigenvalue weighted by Gasteiger charge is 2.23. The van der Waals surface area contributed by atoms with Gasteiger partial charge in [0.05, 0.1) is 44.1 Å². The summed E-state index contributed by atoms with van der Waals surface area (Å²) in [6.45, 7) is 0. The maximum atomic E-state index is 2.43. The first-order valence-corrected chi connectivity index (χ1v) is 50.9. The van der Waals surface area contributed by atoms with Crippen LogP contribution in [-0.2, 0) is 0 Å². The summed E-state index contributed by atoms with van der Waals surface area (Å²) in [7, 11) is 0. The molecule has 0 saturated heterocycles. The van der Waals surface area contributed by atoms with E-state index in [1.54, 1.807) is 0 Å². The summed E-state index contributed by atoms with van der Waals surface area (Å²) < 4.78 is 9.64. The molecule has 28 aromatic rings. The molecule has 0 aliphatic heterocycles. The van der Waals surface area contributed by atoms with Crippen LogP contribution < -0.4 is 0 Å². The molecule has 4 nitrogen and oxygen atoms in total. The Morgan fingerprint density at radius 2 is 0.216 bits per heavy atom. The van der Waals surface area contributed by atoms with Crippen molar-refractivity contribution < 1.29 is 0 Å². The number of benzene rings is 24.